The maximum Gasteiger partial charge on any atom is 0.161 e. The second kappa shape index (κ2) is 5.61. The van der Waals surface area contributed by atoms with E-state index in [4.69, 9.17) is 16.6 Å². The van der Waals surface area contributed by atoms with Crippen LogP contribution in [0.25, 0.3) is 16.6 Å². The van der Waals surface area contributed by atoms with Crippen molar-refractivity contribution in [2.24, 2.45) is 0 Å². The zero-order valence-electron chi connectivity index (χ0n) is 11.2. The molecule has 0 aliphatic carbocycles. The number of fused-ring (bicyclic) bond motifs is 1. The van der Waals surface area contributed by atoms with Gasteiger partial charge in [0.15, 0.2) is 5.82 Å². The largest absolute Gasteiger partial charge is 0.311 e. The predicted octanol–water partition coefficient (Wildman–Crippen LogP) is 3.18. The highest BCUT2D eigenvalue weighted by molar-refractivity contribution is 6.30. The molecule has 0 saturated carbocycles. The van der Waals surface area contributed by atoms with E-state index in [1.807, 2.05) is 18.2 Å². The molecule has 4 nitrogen and oxygen atoms in total. The van der Waals surface area contributed by atoms with Crippen molar-refractivity contribution in [3.05, 3.63) is 53.4 Å². The van der Waals surface area contributed by atoms with Crippen LogP contribution in [0, 0.1) is 0 Å². The van der Waals surface area contributed by atoms with Crippen molar-refractivity contribution in [1.82, 2.24) is 20.1 Å². The molecule has 3 aromatic rings. The average molecular weight is 287 g/mol. The summed E-state index contributed by atoms with van der Waals surface area (Å²) < 4.78 is 1.72. The van der Waals surface area contributed by atoms with Gasteiger partial charge in [-0.05, 0) is 18.0 Å². The van der Waals surface area contributed by atoms with Crippen LogP contribution in [-0.2, 0) is 6.54 Å². The van der Waals surface area contributed by atoms with Crippen molar-refractivity contribution in [2.45, 2.75) is 13.5 Å². The molecular formula is C15H15ClN4. The van der Waals surface area contributed by atoms with Crippen LogP contribution in [0.15, 0.2) is 42.7 Å². The minimum atomic E-state index is 0.605. The first-order valence-electron chi connectivity index (χ1n) is 6.58. The summed E-state index contributed by atoms with van der Waals surface area (Å²) in [5.74, 6) is 0.808. The Labute approximate surface area is 122 Å². The molecule has 0 spiro atoms. The summed E-state index contributed by atoms with van der Waals surface area (Å²) >= 11 is 5.96. The van der Waals surface area contributed by atoms with E-state index in [0.717, 1.165) is 35.4 Å². The summed E-state index contributed by atoms with van der Waals surface area (Å²) in [6.45, 7) is 3.73. The minimum absolute atomic E-state index is 0.605. The van der Waals surface area contributed by atoms with Gasteiger partial charge in [0.2, 0.25) is 0 Å². The van der Waals surface area contributed by atoms with Gasteiger partial charge >= 0.3 is 0 Å². The highest BCUT2D eigenvalue weighted by Gasteiger charge is 2.08. The summed E-state index contributed by atoms with van der Waals surface area (Å²) in [6, 6.07) is 10.3. The third-order valence-electron chi connectivity index (χ3n) is 3.10. The topological polar surface area (TPSA) is 42.7 Å². The van der Waals surface area contributed by atoms with Crippen molar-refractivity contribution in [3.63, 3.8) is 0 Å². The fraction of sp³-hybridized carbons (Fsp3) is 0.200. The molecule has 0 aliphatic rings. The van der Waals surface area contributed by atoms with Crippen LogP contribution in [0.2, 0.25) is 5.02 Å². The van der Waals surface area contributed by atoms with Gasteiger partial charge in [-0.2, -0.15) is 5.10 Å². The number of aromatic nitrogens is 3. The lowest BCUT2D eigenvalue weighted by molar-refractivity contribution is 0.706. The number of rotatable bonds is 4. The fourth-order valence-electron chi connectivity index (χ4n) is 2.17. The predicted molar refractivity (Wildman–Crippen MR) is 81.3 cm³/mol. The lowest BCUT2D eigenvalue weighted by Gasteiger charge is -2.09. The maximum atomic E-state index is 5.96. The minimum Gasteiger partial charge on any atom is -0.311 e. The van der Waals surface area contributed by atoms with Crippen LogP contribution in [0.1, 0.15) is 12.6 Å². The molecule has 2 heterocycles. The molecule has 2 aromatic heterocycles. The van der Waals surface area contributed by atoms with Crippen LogP contribution in [0.4, 0.5) is 0 Å². The zero-order chi connectivity index (χ0) is 13.9. The molecule has 1 N–H and O–H groups in total. The summed E-state index contributed by atoms with van der Waals surface area (Å²) in [6.07, 6.45) is 3.39. The van der Waals surface area contributed by atoms with Gasteiger partial charge in [0.1, 0.15) is 0 Å². The summed E-state index contributed by atoms with van der Waals surface area (Å²) in [5.41, 5.74) is 0.993. The third kappa shape index (κ3) is 2.53. The number of pyridine rings is 1. The molecular weight excluding hydrogens is 272 g/mol. The third-order valence-corrected chi connectivity index (χ3v) is 3.29. The Morgan fingerprint density at radius 3 is 2.90 bits per heavy atom. The Balaban J connectivity index is 2.17. The van der Waals surface area contributed by atoms with E-state index in [0.29, 0.717) is 5.02 Å². The Kier molecular flexibility index (Phi) is 3.67. The normalized spacial score (nSPS) is 11.1. The molecule has 0 unspecified atom stereocenters. The SMILES string of the molecule is CCNCc1cc2ccccc2c(-n2cc(Cl)cn2)n1. The molecule has 1 aromatic carbocycles. The monoisotopic (exact) mass is 286 g/mol. The second-order valence-corrected chi connectivity index (χ2v) is 4.98. The van der Waals surface area contributed by atoms with E-state index >= 15 is 0 Å². The molecule has 20 heavy (non-hydrogen) atoms. The number of nitrogens with one attached hydrogen (secondary N) is 1. The van der Waals surface area contributed by atoms with Crippen LogP contribution < -0.4 is 5.32 Å². The molecule has 0 atom stereocenters. The van der Waals surface area contributed by atoms with Gasteiger partial charge in [-0.15, -0.1) is 0 Å². The lowest BCUT2D eigenvalue weighted by Crippen LogP contribution is -2.14. The van der Waals surface area contributed by atoms with E-state index in [1.165, 1.54) is 0 Å². The quantitative estimate of drug-likeness (QED) is 0.801. The number of hydrogen-bond acceptors (Lipinski definition) is 3. The van der Waals surface area contributed by atoms with Crippen LogP contribution in [-0.4, -0.2) is 21.3 Å². The van der Waals surface area contributed by atoms with Crippen LogP contribution in [0.5, 0.6) is 0 Å². The molecule has 5 heteroatoms. The molecule has 0 bridgehead atoms. The van der Waals surface area contributed by atoms with E-state index in [9.17, 15) is 0 Å². The van der Waals surface area contributed by atoms with Crippen molar-refractivity contribution < 1.29 is 0 Å². The van der Waals surface area contributed by atoms with Crippen molar-refractivity contribution in [3.8, 4) is 5.82 Å². The molecule has 0 aliphatic heterocycles. The Hall–Kier alpha value is -1.91. The Morgan fingerprint density at radius 1 is 1.30 bits per heavy atom. The maximum absolute atomic E-state index is 5.96. The molecule has 0 radical (unpaired) electrons. The van der Waals surface area contributed by atoms with Gasteiger partial charge in [-0.3, -0.25) is 0 Å². The number of halogens is 1. The van der Waals surface area contributed by atoms with E-state index in [-0.39, 0.29) is 0 Å². The smallest absolute Gasteiger partial charge is 0.161 e. The number of benzene rings is 1. The van der Waals surface area contributed by atoms with Crippen LogP contribution in [0.3, 0.4) is 0 Å². The van der Waals surface area contributed by atoms with Crippen molar-refractivity contribution in [1.29, 1.82) is 0 Å². The molecule has 102 valence electrons. The molecule has 0 fully saturated rings. The molecule has 3 rings (SSSR count). The standard InChI is InChI=1S/C15H15ClN4/c1-2-17-9-13-7-11-5-3-4-6-14(11)15(19-13)20-10-12(16)8-18-20/h3-8,10,17H,2,9H2,1H3. The number of hydrogen-bond donors (Lipinski definition) is 1. The molecule has 0 amide bonds. The summed E-state index contributed by atoms with van der Waals surface area (Å²) in [4.78, 5) is 4.70. The van der Waals surface area contributed by atoms with Gasteiger partial charge in [-0.25, -0.2) is 9.67 Å². The van der Waals surface area contributed by atoms with Gasteiger partial charge in [0, 0.05) is 11.9 Å². The fourth-order valence-corrected chi connectivity index (χ4v) is 2.31. The van der Waals surface area contributed by atoms with E-state index < -0.39 is 0 Å². The lowest BCUT2D eigenvalue weighted by atomic mass is 10.1. The number of nitrogens with zero attached hydrogens (tertiary/aromatic N) is 3. The van der Waals surface area contributed by atoms with E-state index in [1.54, 1.807) is 17.1 Å². The van der Waals surface area contributed by atoms with Gasteiger partial charge in [0.25, 0.3) is 0 Å². The first-order chi connectivity index (χ1) is 9.78. The first-order valence-corrected chi connectivity index (χ1v) is 6.95. The van der Waals surface area contributed by atoms with Crippen molar-refractivity contribution >= 4 is 22.4 Å². The first kappa shape index (κ1) is 13.1. The Morgan fingerprint density at radius 2 is 2.15 bits per heavy atom. The van der Waals surface area contributed by atoms with E-state index in [2.05, 4.69) is 29.5 Å². The van der Waals surface area contributed by atoms with Gasteiger partial charge in [0.05, 0.1) is 23.1 Å². The zero-order valence-corrected chi connectivity index (χ0v) is 11.9. The average Bonchev–Trinajstić information content (AvgIpc) is 2.90. The van der Waals surface area contributed by atoms with Gasteiger partial charge in [-0.1, -0.05) is 42.8 Å². The second-order valence-electron chi connectivity index (χ2n) is 4.54. The Bertz CT molecular complexity index is 736. The highest BCUT2D eigenvalue weighted by Crippen LogP contribution is 2.22. The van der Waals surface area contributed by atoms with Crippen LogP contribution >= 0.6 is 11.6 Å². The molecule has 0 saturated heterocycles. The summed E-state index contributed by atoms with van der Waals surface area (Å²) in [7, 11) is 0. The highest BCUT2D eigenvalue weighted by atomic mass is 35.5. The van der Waals surface area contributed by atoms with Crippen molar-refractivity contribution in [2.75, 3.05) is 6.54 Å². The van der Waals surface area contributed by atoms with Gasteiger partial charge < -0.3 is 5.32 Å². The summed E-state index contributed by atoms with van der Waals surface area (Å²) in [5, 5.41) is 10.4.